The third-order valence-electron chi connectivity index (χ3n) is 1.66. The maximum atomic E-state index is 10.6. The standard InChI is InChI=1S/C10H11ClO3S/c1-6(12)5-15-9-3-2-7(10(13)14)4-8(9)11/h2-4,6,12H,5H2,1H3,(H,13,14). The number of thioether (sulfide) groups is 1. The third kappa shape index (κ3) is 3.74. The fraction of sp³-hybridized carbons (Fsp3) is 0.300. The predicted molar refractivity (Wildman–Crippen MR) is 60.8 cm³/mol. The summed E-state index contributed by atoms with van der Waals surface area (Å²) in [6, 6.07) is 4.56. The molecule has 1 rings (SSSR count). The maximum Gasteiger partial charge on any atom is 0.335 e. The van der Waals surface area contributed by atoms with Crippen LogP contribution in [0.4, 0.5) is 0 Å². The van der Waals surface area contributed by atoms with E-state index in [1.807, 2.05) is 0 Å². The largest absolute Gasteiger partial charge is 0.478 e. The van der Waals surface area contributed by atoms with E-state index in [0.717, 1.165) is 4.90 Å². The van der Waals surface area contributed by atoms with Crippen LogP contribution in [-0.2, 0) is 0 Å². The van der Waals surface area contributed by atoms with Crippen LogP contribution in [0, 0.1) is 0 Å². The number of benzene rings is 1. The Morgan fingerprint density at radius 1 is 1.60 bits per heavy atom. The summed E-state index contributed by atoms with van der Waals surface area (Å²) >= 11 is 7.29. The zero-order valence-electron chi connectivity index (χ0n) is 8.11. The monoisotopic (exact) mass is 246 g/mol. The molecule has 0 aromatic heterocycles. The van der Waals surface area contributed by atoms with Crippen molar-refractivity contribution in [3.63, 3.8) is 0 Å². The van der Waals surface area contributed by atoms with Gasteiger partial charge in [0, 0.05) is 10.6 Å². The molecule has 0 saturated heterocycles. The highest BCUT2D eigenvalue weighted by Gasteiger charge is 2.08. The van der Waals surface area contributed by atoms with E-state index < -0.39 is 12.1 Å². The van der Waals surface area contributed by atoms with Gasteiger partial charge in [0.25, 0.3) is 0 Å². The number of hydrogen-bond acceptors (Lipinski definition) is 3. The van der Waals surface area contributed by atoms with Crippen molar-refractivity contribution >= 4 is 29.3 Å². The molecule has 0 fully saturated rings. The summed E-state index contributed by atoms with van der Waals surface area (Å²) in [6.45, 7) is 1.69. The minimum atomic E-state index is -0.996. The fourth-order valence-corrected chi connectivity index (χ4v) is 2.09. The Bertz CT molecular complexity index is 366. The summed E-state index contributed by atoms with van der Waals surface area (Å²) in [5.74, 6) is -0.462. The maximum absolute atomic E-state index is 10.6. The molecule has 0 aliphatic rings. The summed E-state index contributed by atoms with van der Waals surface area (Å²) in [4.78, 5) is 11.4. The van der Waals surface area contributed by atoms with Crippen LogP contribution in [0.3, 0.4) is 0 Å². The second-order valence-corrected chi connectivity index (χ2v) is 4.58. The Kier molecular flexibility index (Phi) is 4.45. The highest BCUT2D eigenvalue weighted by Crippen LogP contribution is 2.28. The quantitative estimate of drug-likeness (QED) is 0.802. The zero-order valence-corrected chi connectivity index (χ0v) is 9.68. The molecule has 1 atom stereocenters. The number of carboxylic acid groups (broad SMARTS) is 1. The molecule has 0 heterocycles. The van der Waals surface area contributed by atoms with Gasteiger partial charge in [-0.05, 0) is 25.1 Å². The second-order valence-electron chi connectivity index (χ2n) is 3.11. The number of aromatic carboxylic acids is 1. The van der Waals surface area contributed by atoms with Crippen LogP contribution in [0.2, 0.25) is 5.02 Å². The molecule has 0 spiro atoms. The van der Waals surface area contributed by atoms with Crippen LogP contribution in [0.1, 0.15) is 17.3 Å². The average Bonchev–Trinajstić information content (AvgIpc) is 2.15. The van der Waals surface area contributed by atoms with E-state index in [4.69, 9.17) is 21.8 Å². The number of carbonyl (C=O) groups is 1. The van der Waals surface area contributed by atoms with Crippen molar-refractivity contribution in [1.82, 2.24) is 0 Å². The summed E-state index contributed by atoms with van der Waals surface area (Å²) in [6.07, 6.45) is -0.412. The Balaban J connectivity index is 2.79. The van der Waals surface area contributed by atoms with Crippen molar-refractivity contribution in [2.45, 2.75) is 17.9 Å². The summed E-state index contributed by atoms with van der Waals surface area (Å²) in [7, 11) is 0. The first-order valence-electron chi connectivity index (χ1n) is 4.34. The number of hydrogen-bond donors (Lipinski definition) is 2. The molecule has 1 aromatic rings. The van der Waals surface area contributed by atoms with E-state index in [-0.39, 0.29) is 5.56 Å². The van der Waals surface area contributed by atoms with E-state index in [0.29, 0.717) is 10.8 Å². The minimum Gasteiger partial charge on any atom is -0.478 e. The van der Waals surface area contributed by atoms with Crippen LogP contribution in [-0.4, -0.2) is 28.0 Å². The first-order valence-corrected chi connectivity index (χ1v) is 5.70. The highest BCUT2D eigenvalue weighted by atomic mass is 35.5. The molecule has 2 N–H and O–H groups in total. The lowest BCUT2D eigenvalue weighted by atomic mass is 10.2. The van der Waals surface area contributed by atoms with Gasteiger partial charge in [0.2, 0.25) is 0 Å². The highest BCUT2D eigenvalue weighted by molar-refractivity contribution is 7.99. The molecule has 82 valence electrons. The normalized spacial score (nSPS) is 12.5. The SMILES string of the molecule is CC(O)CSc1ccc(C(=O)O)cc1Cl. The van der Waals surface area contributed by atoms with Crippen molar-refractivity contribution in [2.75, 3.05) is 5.75 Å². The van der Waals surface area contributed by atoms with Gasteiger partial charge in [-0.15, -0.1) is 11.8 Å². The molecule has 5 heteroatoms. The molecule has 0 radical (unpaired) electrons. The van der Waals surface area contributed by atoms with Crippen molar-refractivity contribution in [3.05, 3.63) is 28.8 Å². The van der Waals surface area contributed by atoms with Crippen molar-refractivity contribution in [2.24, 2.45) is 0 Å². The van der Waals surface area contributed by atoms with Gasteiger partial charge in [0.15, 0.2) is 0 Å². The molecule has 3 nitrogen and oxygen atoms in total. The van der Waals surface area contributed by atoms with Crippen LogP contribution in [0.5, 0.6) is 0 Å². The lowest BCUT2D eigenvalue weighted by Crippen LogP contribution is -2.02. The van der Waals surface area contributed by atoms with Gasteiger partial charge < -0.3 is 10.2 Å². The summed E-state index contributed by atoms with van der Waals surface area (Å²) in [5.41, 5.74) is 0.168. The van der Waals surface area contributed by atoms with Crippen LogP contribution >= 0.6 is 23.4 Å². The first kappa shape index (κ1) is 12.4. The Hall–Kier alpha value is -0.710. The van der Waals surface area contributed by atoms with E-state index in [2.05, 4.69) is 0 Å². The number of carboxylic acids is 1. The first-order chi connectivity index (χ1) is 7.00. The van der Waals surface area contributed by atoms with Gasteiger partial charge in [0.05, 0.1) is 16.7 Å². The molecular weight excluding hydrogens is 236 g/mol. The molecule has 0 saturated carbocycles. The molecule has 0 aliphatic carbocycles. The summed E-state index contributed by atoms with van der Waals surface area (Å²) < 4.78 is 0. The van der Waals surface area contributed by atoms with Gasteiger partial charge in [0.1, 0.15) is 0 Å². The van der Waals surface area contributed by atoms with E-state index in [1.165, 1.54) is 23.9 Å². The molecule has 0 bridgehead atoms. The number of halogens is 1. The lowest BCUT2D eigenvalue weighted by molar-refractivity contribution is 0.0697. The minimum absolute atomic E-state index is 0.168. The van der Waals surface area contributed by atoms with E-state index in [1.54, 1.807) is 13.0 Å². The van der Waals surface area contributed by atoms with Gasteiger partial charge in [-0.2, -0.15) is 0 Å². The smallest absolute Gasteiger partial charge is 0.335 e. The molecular formula is C10H11ClO3S. The number of aliphatic hydroxyl groups is 1. The number of rotatable bonds is 4. The van der Waals surface area contributed by atoms with Crippen LogP contribution < -0.4 is 0 Å². The zero-order chi connectivity index (χ0) is 11.4. The van der Waals surface area contributed by atoms with Gasteiger partial charge in [-0.1, -0.05) is 11.6 Å². The third-order valence-corrected chi connectivity index (χ3v) is 3.40. The van der Waals surface area contributed by atoms with Gasteiger partial charge in [-0.3, -0.25) is 0 Å². The van der Waals surface area contributed by atoms with Gasteiger partial charge >= 0.3 is 5.97 Å². The van der Waals surface area contributed by atoms with Crippen molar-refractivity contribution < 1.29 is 15.0 Å². The molecule has 0 amide bonds. The Morgan fingerprint density at radius 3 is 2.73 bits per heavy atom. The van der Waals surface area contributed by atoms with Gasteiger partial charge in [-0.25, -0.2) is 4.79 Å². The van der Waals surface area contributed by atoms with E-state index in [9.17, 15) is 4.79 Å². The fourth-order valence-electron chi connectivity index (χ4n) is 0.961. The second kappa shape index (κ2) is 5.39. The lowest BCUT2D eigenvalue weighted by Gasteiger charge is -2.06. The molecule has 0 aliphatic heterocycles. The molecule has 1 unspecified atom stereocenters. The predicted octanol–water partition coefficient (Wildman–Crippen LogP) is 2.51. The Morgan fingerprint density at radius 2 is 2.27 bits per heavy atom. The number of aliphatic hydroxyl groups excluding tert-OH is 1. The van der Waals surface area contributed by atoms with Crippen molar-refractivity contribution in [1.29, 1.82) is 0 Å². The molecule has 1 aromatic carbocycles. The van der Waals surface area contributed by atoms with Crippen LogP contribution in [0.15, 0.2) is 23.1 Å². The van der Waals surface area contributed by atoms with Crippen molar-refractivity contribution in [3.8, 4) is 0 Å². The van der Waals surface area contributed by atoms with Crippen LogP contribution in [0.25, 0.3) is 0 Å². The Labute approximate surface area is 97.1 Å². The summed E-state index contributed by atoms with van der Waals surface area (Å²) in [5, 5.41) is 18.2. The average molecular weight is 247 g/mol. The van der Waals surface area contributed by atoms with E-state index >= 15 is 0 Å². The molecule has 15 heavy (non-hydrogen) atoms. The topological polar surface area (TPSA) is 57.5 Å².